The van der Waals surface area contributed by atoms with E-state index in [4.69, 9.17) is 5.26 Å². The van der Waals surface area contributed by atoms with Crippen LogP contribution in [0.4, 0.5) is 5.69 Å². The van der Waals surface area contributed by atoms with Crippen LogP contribution in [0.15, 0.2) is 6.07 Å². The topological polar surface area (TPSA) is 66.2 Å². The van der Waals surface area contributed by atoms with E-state index in [0.29, 0.717) is 16.9 Å². The third kappa shape index (κ3) is 2.94. The Morgan fingerprint density at radius 2 is 2.24 bits per heavy atom. The van der Waals surface area contributed by atoms with E-state index < -0.39 is 0 Å². The van der Waals surface area contributed by atoms with Crippen molar-refractivity contribution in [3.05, 3.63) is 23.0 Å². The molecular weight excluding hydrogens is 218 g/mol. The van der Waals surface area contributed by atoms with Crippen LogP contribution in [-0.2, 0) is 9.53 Å². The van der Waals surface area contributed by atoms with Crippen LogP contribution in [0.3, 0.4) is 0 Å². The summed E-state index contributed by atoms with van der Waals surface area (Å²) in [5.74, 6) is -0.344. The molecule has 0 aliphatic carbocycles. The predicted octanol–water partition coefficient (Wildman–Crippen LogP) is 1.18. The lowest BCUT2D eigenvalue weighted by atomic mass is 10.1. The summed E-state index contributed by atoms with van der Waals surface area (Å²) in [5.41, 5.74) is 2.66. The van der Waals surface area contributed by atoms with Crippen molar-refractivity contribution >= 4 is 11.7 Å². The molecule has 0 spiro atoms. The van der Waals surface area contributed by atoms with E-state index in [-0.39, 0.29) is 12.5 Å². The van der Waals surface area contributed by atoms with Gasteiger partial charge in [-0.3, -0.25) is 9.78 Å². The zero-order valence-corrected chi connectivity index (χ0v) is 10.4. The number of aryl methyl sites for hydroxylation is 2. The van der Waals surface area contributed by atoms with Crippen LogP contribution in [-0.4, -0.2) is 31.7 Å². The van der Waals surface area contributed by atoms with Gasteiger partial charge in [0, 0.05) is 12.7 Å². The SMILES string of the molecule is COC(=O)CN(C)c1cc(C)nc(C)c1C#N. The number of ether oxygens (including phenoxy) is 1. The van der Waals surface area contributed by atoms with Crippen molar-refractivity contribution in [3.63, 3.8) is 0 Å². The van der Waals surface area contributed by atoms with E-state index in [2.05, 4.69) is 15.8 Å². The summed E-state index contributed by atoms with van der Waals surface area (Å²) in [6.07, 6.45) is 0. The van der Waals surface area contributed by atoms with Gasteiger partial charge in [-0.25, -0.2) is 0 Å². The van der Waals surface area contributed by atoms with Crippen molar-refractivity contribution in [2.75, 3.05) is 25.6 Å². The van der Waals surface area contributed by atoms with E-state index >= 15 is 0 Å². The molecule has 1 rings (SSSR count). The van der Waals surface area contributed by atoms with E-state index in [0.717, 1.165) is 5.69 Å². The van der Waals surface area contributed by atoms with Gasteiger partial charge in [-0.1, -0.05) is 0 Å². The Hall–Kier alpha value is -2.09. The molecule has 0 aliphatic rings. The maximum absolute atomic E-state index is 11.2. The molecule has 0 aliphatic heterocycles. The molecule has 0 saturated carbocycles. The van der Waals surface area contributed by atoms with Gasteiger partial charge in [-0.15, -0.1) is 0 Å². The van der Waals surface area contributed by atoms with Crippen LogP contribution in [0.1, 0.15) is 17.0 Å². The lowest BCUT2D eigenvalue weighted by molar-refractivity contribution is -0.138. The van der Waals surface area contributed by atoms with Gasteiger partial charge >= 0.3 is 5.97 Å². The quantitative estimate of drug-likeness (QED) is 0.733. The summed E-state index contributed by atoms with van der Waals surface area (Å²) >= 11 is 0. The summed E-state index contributed by atoms with van der Waals surface area (Å²) in [7, 11) is 3.08. The second-order valence-corrected chi connectivity index (χ2v) is 3.79. The number of carbonyl (C=O) groups excluding carboxylic acids is 1. The van der Waals surface area contributed by atoms with E-state index in [1.807, 2.05) is 6.92 Å². The summed E-state index contributed by atoms with van der Waals surface area (Å²) in [5, 5.41) is 9.10. The first kappa shape index (κ1) is 13.0. The summed E-state index contributed by atoms with van der Waals surface area (Å²) in [6.45, 7) is 3.73. The Morgan fingerprint density at radius 1 is 1.59 bits per heavy atom. The molecule has 0 fully saturated rings. The number of esters is 1. The number of methoxy groups -OCH3 is 1. The van der Waals surface area contributed by atoms with Crippen LogP contribution < -0.4 is 4.90 Å². The van der Waals surface area contributed by atoms with Gasteiger partial charge in [-0.2, -0.15) is 5.26 Å². The van der Waals surface area contributed by atoms with Crippen LogP contribution in [0.25, 0.3) is 0 Å². The molecule has 1 aromatic heterocycles. The second-order valence-electron chi connectivity index (χ2n) is 3.79. The average Bonchev–Trinajstić information content (AvgIpc) is 2.27. The Kier molecular flexibility index (Phi) is 4.05. The molecule has 5 nitrogen and oxygen atoms in total. The Bertz CT molecular complexity index is 477. The number of hydrogen-bond acceptors (Lipinski definition) is 5. The normalized spacial score (nSPS) is 9.59. The van der Waals surface area contributed by atoms with Crippen molar-refractivity contribution in [1.82, 2.24) is 4.98 Å². The number of pyridine rings is 1. The van der Waals surface area contributed by atoms with Gasteiger partial charge in [0.15, 0.2) is 0 Å². The zero-order chi connectivity index (χ0) is 13.0. The molecular formula is C12H15N3O2. The fraction of sp³-hybridized carbons (Fsp3) is 0.417. The number of carbonyl (C=O) groups is 1. The van der Waals surface area contributed by atoms with Crippen LogP contribution in [0.5, 0.6) is 0 Å². The highest BCUT2D eigenvalue weighted by atomic mass is 16.5. The van der Waals surface area contributed by atoms with Gasteiger partial charge in [0.1, 0.15) is 12.6 Å². The number of likely N-dealkylation sites (N-methyl/N-ethyl adjacent to an activating group) is 1. The molecule has 0 bridgehead atoms. The lowest BCUT2D eigenvalue weighted by Crippen LogP contribution is -2.27. The fourth-order valence-corrected chi connectivity index (χ4v) is 1.59. The van der Waals surface area contributed by atoms with Gasteiger partial charge in [0.25, 0.3) is 0 Å². The molecule has 17 heavy (non-hydrogen) atoms. The Labute approximate surface area is 101 Å². The summed E-state index contributed by atoms with van der Waals surface area (Å²) < 4.78 is 4.60. The van der Waals surface area contributed by atoms with Crippen molar-refractivity contribution < 1.29 is 9.53 Å². The Balaban J connectivity index is 3.12. The highest BCUT2D eigenvalue weighted by Crippen LogP contribution is 2.21. The molecule has 1 heterocycles. The first-order valence-electron chi connectivity index (χ1n) is 5.16. The fourth-order valence-electron chi connectivity index (χ4n) is 1.59. The van der Waals surface area contributed by atoms with E-state index in [1.54, 1.807) is 24.9 Å². The summed E-state index contributed by atoms with van der Waals surface area (Å²) in [4.78, 5) is 17.1. The zero-order valence-electron chi connectivity index (χ0n) is 10.4. The minimum atomic E-state index is -0.344. The van der Waals surface area contributed by atoms with Crippen molar-refractivity contribution in [1.29, 1.82) is 5.26 Å². The summed E-state index contributed by atoms with van der Waals surface area (Å²) in [6, 6.07) is 3.89. The van der Waals surface area contributed by atoms with Crippen molar-refractivity contribution in [3.8, 4) is 6.07 Å². The standard InChI is InChI=1S/C12H15N3O2/c1-8-5-11(10(6-13)9(2)14-8)15(3)7-12(16)17-4/h5H,7H2,1-4H3. The van der Waals surface area contributed by atoms with Crippen LogP contribution in [0.2, 0.25) is 0 Å². The number of rotatable bonds is 3. The number of aromatic nitrogens is 1. The lowest BCUT2D eigenvalue weighted by Gasteiger charge is -2.20. The highest BCUT2D eigenvalue weighted by Gasteiger charge is 2.14. The highest BCUT2D eigenvalue weighted by molar-refractivity contribution is 5.76. The minimum absolute atomic E-state index is 0.105. The minimum Gasteiger partial charge on any atom is -0.468 e. The first-order valence-corrected chi connectivity index (χ1v) is 5.16. The molecule has 0 N–H and O–H groups in total. The Morgan fingerprint density at radius 3 is 2.76 bits per heavy atom. The molecule has 0 aromatic carbocycles. The third-order valence-electron chi connectivity index (χ3n) is 2.42. The molecule has 0 radical (unpaired) electrons. The molecule has 0 saturated heterocycles. The van der Waals surface area contributed by atoms with E-state index in [9.17, 15) is 4.79 Å². The van der Waals surface area contributed by atoms with Crippen molar-refractivity contribution in [2.24, 2.45) is 0 Å². The molecule has 1 aromatic rings. The van der Waals surface area contributed by atoms with E-state index in [1.165, 1.54) is 7.11 Å². The molecule has 0 amide bonds. The first-order chi connectivity index (χ1) is 7.99. The molecule has 0 unspecified atom stereocenters. The largest absolute Gasteiger partial charge is 0.468 e. The average molecular weight is 233 g/mol. The van der Waals surface area contributed by atoms with Crippen molar-refractivity contribution in [2.45, 2.75) is 13.8 Å². The third-order valence-corrected chi connectivity index (χ3v) is 2.42. The number of anilines is 1. The maximum atomic E-state index is 11.2. The monoisotopic (exact) mass is 233 g/mol. The smallest absolute Gasteiger partial charge is 0.325 e. The molecule has 5 heteroatoms. The van der Waals surface area contributed by atoms with Crippen LogP contribution >= 0.6 is 0 Å². The van der Waals surface area contributed by atoms with Gasteiger partial charge in [0.05, 0.1) is 24.1 Å². The number of hydrogen-bond donors (Lipinski definition) is 0. The molecule has 0 atom stereocenters. The van der Waals surface area contributed by atoms with Gasteiger partial charge in [-0.05, 0) is 19.9 Å². The predicted molar refractivity (Wildman–Crippen MR) is 63.7 cm³/mol. The maximum Gasteiger partial charge on any atom is 0.325 e. The number of nitriles is 1. The van der Waals surface area contributed by atoms with Gasteiger partial charge < -0.3 is 9.64 Å². The number of nitrogens with zero attached hydrogens (tertiary/aromatic N) is 3. The second kappa shape index (κ2) is 5.30. The van der Waals surface area contributed by atoms with Crippen LogP contribution in [0, 0.1) is 25.2 Å². The van der Waals surface area contributed by atoms with Gasteiger partial charge in [0.2, 0.25) is 0 Å². The molecule has 90 valence electrons.